The second-order valence-corrected chi connectivity index (χ2v) is 7.76. The molecule has 1 aliphatic rings. The Morgan fingerprint density at radius 2 is 1.97 bits per heavy atom. The molecule has 0 spiro atoms. The van der Waals surface area contributed by atoms with Crippen molar-refractivity contribution in [2.45, 2.75) is 25.8 Å². The number of piperidine rings is 1. The van der Waals surface area contributed by atoms with Gasteiger partial charge in [-0.05, 0) is 43.5 Å². The molecule has 1 saturated heterocycles. The fraction of sp³-hybridized carbons (Fsp3) is 0.364. The molecule has 9 nitrogen and oxygen atoms in total. The number of carbonyl (C=O) groups is 2. The van der Waals surface area contributed by atoms with E-state index in [1.807, 2.05) is 25.1 Å². The number of likely N-dealkylation sites (tertiary alicyclic amines) is 1. The lowest BCUT2D eigenvalue weighted by Crippen LogP contribution is -2.46. The van der Waals surface area contributed by atoms with E-state index in [1.54, 1.807) is 53.1 Å². The molecule has 1 N–H and O–H groups in total. The molecular weight excluding hydrogens is 396 g/mol. The number of benzene rings is 1. The van der Waals surface area contributed by atoms with Crippen molar-refractivity contribution in [3.63, 3.8) is 0 Å². The van der Waals surface area contributed by atoms with Gasteiger partial charge in [-0.25, -0.2) is 4.68 Å². The lowest BCUT2D eigenvalue weighted by Gasteiger charge is -2.31. The van der Waals surface area contributed by atoms with Crippen LogP contribution in [0.2, 0.25) is 0 Å². The zero-order chi connectivity index (χ0) is 22.0. The van der Waals surface area contributed by atoms with Crippen LogP contribution in [0, 0.1) is 6.92 Å². The van der Waals surface area contributed by atoms with Gasteiger partial charge in [0.05, 0.1) is 18.9 Å². The molecule has 3 aromatic rings. The molecule has 2 aromatic heterocycles. The average Bonchev–Trinajstić information content (AvgIpc) is 3.43. The van der Waals surface area contributed by atoms with Gasteiger partial charge in [0.2, 0.25) is 0 Å². The van der Waals surface area contributed by atoms with Crippen LogP contribution in [0.3, 0.4) is 0 Å². The molecule has 4 rings (SSSR count). The SMILES string of the molecule is COc1ccc(C)cc1-n1ccc(C(=O)N2CCC(NC(=O)c3cnn(C)c3)CC2)n1. The van der Waals surface area contributed by atoms with E-state index in [0.717, 1.165) is 11.3 Å². The minimum atomic E-state index is -0.135. The van der Waals surface area contributed by atoms with Gasteiger partial charge in [0.15, 0.2) is 5.69 Å². The molecule has 31 heavy (non-hydrogen) atoms. The second kappa shape index (κ2) is 8.63. The third kappa shape index (κ3) is 4.45. The number of nitrogens with zero attached hydrogens (tertiary/aromatic N) is 5. The molecule has 0 aliphatic carbocycles. The normalized spacial score (nSPS) is 14.5. The minimum absolute atomic E-state index is 0.0332. The topological polar surface area (TPSA) is 94.3 Å². The number of hydrogen-bond acceptors (Lipinski definition) is 5. The van der Waals surface area contributed by atoms with Gasteiger partial charge in [-0.1, -0.05) is 6.07 Å². The van der Waals surface area contributed by atoms with E-state index >= 15 is 0 Å². The molecule has 0 atom stereocenters. The zero-order valence-corrected chi connectivity index (χ0v) is 17.9. The zero-order valence-electron chi connectivity index (χ0n) is 17.9. The molecule has 2 amide bonds. The Kier molecular flexibility index (Phi) is 5.75. The van der Waals surface area contributed by atoms with E-state index in [9.17, 15) is 9.59 Å². The van der Waals surface area contributed by atoms with Crippen molar-refractivity contribution in [1.82, 2.24) is 29.8 Å². The van der Waals surface area contributed by atoms with E-state index in [1.165, 1.54) is 0 Å². The quantitative estimate of drug-likeness (QED) is 0.678. The Morgan fingerprint density at radius 1 is 1.19 bits per heavy atom. The number of aryl methyl sites for hydroxylation is 2. The molecule has 1 fully saturated rings. The van der Waals surface area contributed by atoms with Crippen LogP contribution >= 0.6 is 0 Å². The summed E-state index contributed by atoms with van der Waals surface area (Å²) in [6, 6.07) is 7.58. The first-order chi connectivity index (χ1) is 14.9. The number of aromatic nitrogens is 4. The molecule has 1 aromatic carbocycles. The monoisotopic (exact) mass is 422 g/mol. The van der Waals surface area contributed by atoms with Crippen molar-refractivity contribution >= 4 is 11.8 Å². The summed E-state index contributed by atoms with van der Waals surface area (Å²) >= 11 is 0. The Labute approximate surface area is 180 Å². The van der Waals surface area contributed by atoms with E-state index < -0.39 is 0 Å². The average molecular weight is 422 g/mol. The van der Waals surface area contributed by atoms with Crippen LogP contribution in [0.4, 0.5) is 0 Å². The van der Waals surface area contributed by atoms with Gasteiger partial charge in [0.25, 0.3) is 11.8 Å². The van der Waals surface area contributed by atoms with Crippen molar-refractivity contribution < 1.29 is 14.3 Å². The third-order valence-corrected chi connectivity index (χ3v) is 5.47. The summed E-state index contributed by atoms with van der Waals surface area (Å²) in [5.41, 5.74) is 2.80. The minimum Gasteiger partial charge on any atom is -0.494 e. The molecular formula is C22H26N6O3. The van der Waals surface area contributed by atoms with Crippen molar-refractivity contribution in [2.75, 3.05) is 20.2 Å². The first kappa shape index (κ1) is 20.6. The predicted octanol–water partition coefficient (Wildman–Crippen LogP) is 1.96. The Morgan fingerprint density at radius 3 is 2.65 bits per heavy atom. The highest BCUT2D eigenvalue weighted by Gasteiger charge is 2.26. The number of amides is 2. The van der Waals surface area contributed by atoms with Crippen molar-refractivity contribution in [3.05, 3.63) is 59.7 Å². The summed E-state index contributed by atoms with van der Waals surface area (Å²) < 4.78 is 8.69. The largest absolute Gasteiger partial charge is 0.494 e. The number of methoxy groups -OCH3 is 1. The second-order valence-electron chi connectivity index (χ2n) is 7.76. The van der Waals surface area contributed by atoms with Gasteiger partial charge in [-0.15, -0.1) is 0 Å². The maximum atomic E-state index is 12.9. The van der Waals surface area contributed by atoms with Gasteiger partial charge in [0, 0.05) is 38.6 Å². The summed E-state index contributed by atoms with van der Waals surface area (Å²) in [6.07, 6.45) is 6.40. The number of ether oxygens (including phenoxy) is 1. The molecule has 0 saturated carbocycles. The standard InChI is InChI=1S/C22H26N6O3/c1-15-4-5-20(31-3)19(12-15)28-11-8-18(25-28)22(30)27-9-6-17(7-10-27)24-21(29)16-13-23-26(2)14-16/h4-5,8,11-14,17H,6-7,9-10H2,1-3H3,(H,24,29). The smallest absolute Gasteiger partial charge is 0.274 e. The lowest BCUT2D eigenvalue weighted by atomic mass is 10.0. The number of nitrogens with one attached hydrogen (secondary N) is 1. The van der Waals surface area contributed by atoms with Crippen LogP contribution in [0.25, 0.3) is 5.69 Å². The first-order valence-electron chi connectivity index (χ1n) is 10.2. The van der Waals surface area contributed by atoms with Crippen molar-refractivity contribution in [2.24, 2.45) is 7.05 Å². The number of hydrogen-bond donors (Lipinski definition) is 1. The van der Waals surface area contributed by atoms with Gasteiger partial charge in [0.1, 0.15) is 11.4 Å². The summed E-state index contributed by atoms with van der Waals surface area (Å²) in [6.45, 7) is 3.13. The Bertz CT molecular complexity index is 1090. The van der Waals surface area contributed by atoms with Gasteiger partial charge < -0.3 is 15.0 Å². The maximum Gasteiger partial charge on any atom is 0.274 e. The van der Waals surface area contributed by atoms with E-state index in [4.69, 9.17) is 4.74 Å². The van der Waals surface area contributed by atoms with E-state index in [2.05, 4.69) is 15.5 Å². The summed E-state index contributed by atoms with van der Waals surface area (Å²) in [5.74, 6) is 0.448. The fourth-order valence-corrected chi connectivity index (χ4v) is 3.75. The van der Waals surface area contributed by atoms with Gasteiger partial charge in [-0.2, -0.15) is 10.2 Å². The summed E-state index contributed by atoms with van der Waals surface area (Å²) in [4.78, 5) is 27.0. The van der Waals surface area contributed by atoms with Crippen molar-refractivity contribution in [1.29, 1.82) is 0 Å². The predicted molar refractivity (Wildman–Crippen MR) is 114 cm³/mol. The van der Waals surface area contributed by atoms with E-state index in [0.29, 0.717) is 42.9 Å². The number of carbonyl (C=O) groups excluding carboxylic acids is 2. The molecule has 0 bridgehead atoms. The molecule has 3 heterocycles. The van der Waals surface area contributed by atoms with Gasteiger partial charge in [-0.3, -0.25) is 14.3 Å². The highest BCUT2D eigenvalue weighted by atomic mass is 16.5. The molecule has 0 radical (unpaired) electrons. The molecule has 0 unspecified atom stereocenters. The first-order valence-corrected chi connectivity index (χ1v) is 10.2. The van der Waals surface area contributed by atoms with Gasteiger partial charge >= 0.3 is 0 Å². The molecule has 162 valence electrons. The van der Waals surface area contributed by atoms with Crippen LogP contribution in [-0.2, 0) is 7.05 Å². The third-order valence-electron chi connectivity index (χ3n) is 5.47. The van der Waals surface area contributed by atoms with Crippen LogP contribution < -0.4 is 10.1 Å². The number of rotatable bonds is 5. The van der Waals surface area contributed by atoms with Crippen LogP contribution in [0.5, 0.6) is 5.75 Å². The van der Waals surface area contributed by atoms with Crippen LogP contribution in [-0.4, -0.2) is 62.5 Å². The Balaban J connectivity index is 1.37. The van der Waals surface area contributed by atoms with E-state index in [-0.39, 0.29) is 17.9 Å². The van der Waals surface area contributed by atoms with Crippen molar-refractivity contribution in [3.8, 4) is 11.4 Å². The maximum absolute atomic E-state index is 12.9. The highest BCUT2D eigenvalue weighted by molar-refractivity contribution is 5.94. The summed E-state index contributed by atoms with van der Waals surface area (Å²) in [5, 5.41) is 11.5. The molecule has 9 heteroatoms. The van der Waals surface area contributed by atoms with Crippen LogP contribution in [0.1, 0.15) is 39.3 Å². The lowest BCUT2D eigenvalue weighted by molar-refractivity contribution is 0.0692. The highest BCUT2D eigenvalue weighted by Crippen LogP contribution is 2.24. The summed E-state index contributed by atoms with van der Waals surface area (Å²) in [7, 11) is 3.39. The van der Waals surface area contributed by atoms with Crippen LogP contribution in [0.15, 0.2) is 42.9 Å². The molecule has 1 aliphatic heterocycles. The Hall–Kier alpha value is -3.62. The fourth-order valence-electron chi connectivity index (χ4n) is 3.75.